The van der Waals surface area contributed by atoms with Crippen LogP contribution in [-0.4, -0.2) is 67.5 Å². The molecule has 3 atom stereocenters. The first-order valence-electron chi connectivity index (χ1n) is 11.4. The lowest BCUT2D eigenvalue weighted by Crippen LogP contribution is -2.61. The number of amides is 2. The number of aromatic nitrogens is 4. The highest BCUT2D eigenvalue weighted by Gasteiger charge is 2.45. The molecular weight excluding hydrogens is 368 g/mol. The standard InChI is InChI=1S/C21H32N6O2/c28-19-6-4-5-18-17-9-16(12-27(18)19)11-25(13-17)20(29)10-21(7-2-1-3-8-21)14-26-15-22-23-24-26/h15-18H,1-14H2/t16-,17+,18+/m1/s1. The topological polar surface area (TPSA) is 84.2 Å². The van der Waals surface area contributed by atoms with E-state index in [9.17, 15) is 9.59 Å². The molecule has 2 amide bonds. The molecule has 0 spiro atoms. The Morgan fingerprint density at radius 2 is 2.00 bits per heavy atom. The Bertz CT molecular complexity index is 744. The number of rotatable bonds is 4. The number of likely N-dealkylation sites (tertiary alicyclic amines) is 1. The van der Waals surface area contributed by atoms with Gasteiger partial charge in [0.05, 0.1) is 6.54 Å². The van der Waals surface area contributed by atoms with Crippen molar-refractivity contribution in [1.29, 1.82) is 0 Å². The van der Waals surface area contributed by atoms with E-state index < -0.39 is 0 Å². The second kappa shape index (κ2) is 7.69. The van der Waals surface area contributed by atoms with Gasteiger partial charge >= 0.3 is 0 Å². The molecule has 5 rings (SSSR count). The smallest absolute Gasteiger partial charge is 0.223 e. The normalized spacial score (nSPS) is 31.4. The molecule has 1 saturated carbocycles. The van der Waals surface area contributed by atoms with Crippen LogP contribution in [0, 0.1) is 17.3 Å². The zero-order valence-corrected chi connectivity index (χ0v) is 17.2. The molecule has 4 heterocycles. The Balaban J connectivity index is 1.28. The number of piperidine rings is 3. The van der Waals surface area contributed by atoms with Crippen LogP contribution in [0.2, 0.25) is 0 Å². The summed E-state index contributed by atoms with van der Waals surface area (Å²) in [6.45, 7) is 3.22. The van der Waals surface area contributed by atoms with Crippen LogP contribution in [0.4, 0.5) is 0 Å². The summed E-state index contributed by atoms with van der Waals surface area (Å²) >= 11 is 0. The van der Waals surface area contributed by atoms with Crippen LogP contribution in [0.1, 0.15) is 64.2 Å². The Labute approximate surface area is 172 Å². The summed E-state index contributed by atoms with van der Waals surface area (Å²) in [6.07, 6.45) is 12.0. The minimum Gasteiger partial charge on any atom is -0.342 e. The van der Waals surface area contributed by atoms with Crippen molar-refractivity contribution in [2.75, 3.05) is 19.6 Å². The van der Waals surface area contributed by atoms with E-state index in [0.717, 1.165) is 51.9 Å². The van der Waals surface area contributed by atoms with Crippen LogP contribution in [0.25, 0.3) is 0 Å². The molecule has 1 aromatic rings. The van der Waals surface area contributed by atoms with Gasteiger partial charge in [0.1, 0.15) is 6.33 Å². The number of tetrazole rings is 1. The van der Waals surface area contributed by atoms with Crippen LogP contribution < -0.4 is 0 Å². The van der Waals surface area contributed by atoms with Crippen LogP contribution >= 0.6 is 0 Å². The highest BCUT2D eigenvalue weighted by Crippen LogP contribution is 2.43. The average molecular weight is 401 g/mol. The fourth-order valence-corrected chi connectivity index (χ4v) is 6.54. The molecule has 29 heavy (non-hydrogen) atoms. The van der Waals surface area contributed by atoms with Crippen LogP contribution in [-0.2, 0) is 16.1 Å². The van der Waals surface area contributed by atoms with Crippen molar-refractivity contribution in [2.45, 2.75) is 76.8 Å². The maximum Gasteiger partial charge on any atom is 0.223 e. The monoisotopic (exact) mass is 400 g/mol. The molecular formula is C21H32N6O2. The predicted octanol–water partition coefficient (Wildman–Crippen LogP) is 1.87. The number of fused-ring (bicyclic) bond motifs is 4. The van der Waals surface area contributed by atoms with Crippen molar-refractivity contribution in [3.05, 3.63) is 6.33 Å². The lowest BCUT2D eigenvalue weighted by atomic mass is 9.71. The predicted molar refractivity (Wildman–Crippen MR) is 105 cm³/mol. The van der Waals surface area contributed by atoms with E-state index in [0.29, 0.717) is 42.5 Å². The van der Waals surface area contributed by atoms with E-state index in [1.54, 1.807) is 11.0 Å². The Morgan fingerprint density at radius 1 is 1.14 bits per heavy atom. The van der Waals surface area contributed by atoms with Gasteiger partial charge in [0, 0.05) is 38.5 Å². The van der Waals surface area contributed by atoms with Gasteiger partial charge in [-0.25, -0.2) is 4.68 Å². The molecule has 8 heteroatoms. The molecule has 1 aromatic heterocycles. The van der Waals surface area contributed by atoms with Crippen molar-refractivity contribution in [2.24, 2.45) is 17.3 Å². The average Bonchev–Trinajstić information content (AvgIpc) is 3.22. The molecule has 0 unspecified atom stereocenters. The van der Waals surface area contributed by atoms with E-state index >= 15 is 0 Å². The number of hydrogen-bond donors (Lipinski definition) is 0. The summed E-state index contributed by atoms with van der Waals surface area (Å²) in [7, 11) is 0. The second-order valence-corrected chi connectivity index (χ2v) is 9.91. The number of hydrogen-bond acceptors (Lipinski definition) is 5. The highest BCUT2D eigenvalue weighted by atomic mass is 16.2. The largest absolute Gasteiger partial charge is 0.342 e. The van der Waals surface area contributed by atoms with Gasteiger partial charge in [0.25, 0.3) is 0 Å². The van der Waals surface area contributed by atoms with Gasteiger partial charge < -0.3 is 9.80 Å². The maximum absolute atomic E-state index is 13.4. The third-order valence-electron chi connectivity index (χ3n) is 7.86. The highest BCUT2D eigenvalue weighted by molar-refractivity contribution is 5.78. The summed E-state index contributed by atoms with van der Waals surface area (Å²) in [6, 6.07) is 0.355. The Hall–Kier alpha value is -1.99. The number of carbonyl (C=O) groups is 2. The van der Waals surface area contributed by atoms with Gasteiger partial charge in [0.2, 0.25) is 11.8 Å². The first kappa shape index (κ1) is 19.0. The van der Waals surface area contributed by atoms with Gasteiger partial charge in [0.15, 0.2) is 0 Å². The molecule has 4 fully saturated rings. The molecule has 0 aromatic carbocycles. The van der Waals surface area contributed by atoms with Crippen LogP contribution in [0.15, 0.2) is 6.33 Å². The SMILES string of the molecule is O=C(CC1(Cn2cnnn2)CCCCC1)N1C[C@H]2C[C@@H](C1)[C@@H]1CCCC(=O)N1C2. The van der Waals surface area contributed by atoms with Gasteiger partial charge in [-0.15, -0.1) is 5.10 Å². The fourth-order valence-electron chi connectivity index (χ4n) is 6.54. The minimum absolute atomic E-state index is 0.0237. The summed E-state index contributed by atoms with van der Waals surface area (Å²) in [4.78, 5) is 30.1. The first-order chi connectivity index (χ1) is 14.1. The third kappa shape index (κ3) is 3.78. The third-order valence-corrected chi connectivity index (χ3v) is 7.86. The molecule has 2 bridgehead atoms. The van der Waals surface area contributed by atoms with Gasteiger partial charge in [-0.3, -0.25) is 9.59 Å². The van der Waals surface area contributed by atoms with Gasteiger partial charge in [-0.2, -0.15) is 0 Å². The Morgan fingerprint density at radius 3 is 2.79 bits per heavy atom. The number of carbonyl (C=O) groups excluding carboxylic acids is 2. The number of nitrogens with zero attached hydrogens (tertiary/aromatic N) is 6. The molecule has 3 aliphatic heterocycles. The fraction of sp³-hybridized carbons (Fsp3) is 0.857. The summed E-state index contributed by atoms with van der Waals surface area (Å²) in [5, 5.41) is 11.6. The molecule has 8 nitrogen and oxygen atoms in total. The molecule has 0 N–H and O–H groups in total. The molecule has 0 radical (unpaired) electrons. The van der Waals surface area contributed by atoms with Crippen LogP contribution in [0.3, 0.4) is 0 Å². The molecule has 158 valence electrons. The summed E-state index contributed by atoms with van der Waals surface area (Å²) in [5.41, 5.74) is -0.0237. The van der Waals surface area contributed by atoms with E-state index in [1.807, 2.05) is 0 Å². The second-order valence-electron chi connectivity index (χ2n) is 9.91. The van der Waals surface area contributed by atoms with Crippen LogP contribution in [0.5, 0.6) is 0 Å². The minimum atomic E-state index is -0.0237. The molecule has 3 saturated heterocycles. The zero-order chi connectivity index (χ0) is 19.8. The Kier molecular flexibility index (Phi) is 5.04. The van der Waals surface area contributed by atoms with Crippen molar-refractivity contribution in [3.63, 3.8) is 0 Å². The van der Waals surface area contributed by atoms with Crippen molar-refractivity contribution in [3.8, 4) is 0 Å². The van der Waals surface area contributed by atoms with E-state index in [4.69, 9.17) is 0 Å². The van der Waals surface area contributed by atoms with Gasteiger partial charge in [-0.05, 0) is 59.8 Å². The molecule has 1 aliphatic carbocycles. The van der Waals surface area contributed by atoms with Crippen molar-refractivity contribution >= 4 is 11.8 Å². The van der Waals surface area contributed by atoms with Crippen molar-refractivity contribution < 1.29 is 9.59 Å². The quantitative estimate of drug-likeness (QED) is 0.770. The lowest BCUT2D eigenvalue weighted by Gasteiger charge is -2.52. The summed E-state index contributed by atoms with van der Waals surface area (Å²) < 4.78 is 1.80. The van der Waals surface area contributed by atoms with Crippen molar-refractivity contribution in [1.82, 2.24) is 30.0 Å². The lowest BCUT2D eigenvalue weighted by molar-refractivity contribution is -0.149. The maximum atomic E-state index is 13.4. The van der Waals surface area contributed by atoms with E-state index in [1.165, 1.54) is 25.7 Å². The van der Waals surface area contributed by atoms with Gasteiger partial charge in [-0.1, -0.05) is 19.3 Å². The zero-order valence-electron chi connectivity index (χ0n) is 17.2. The summed E-state index contributed by atoms with van der Waals surface area (Å²) in [5.74, 6) is 1.53. The van der Waals surface area contributed by atoms with E-state index in [2.05, 4.69) is 25.3 Å². The first-order valence-corrected chi connectivity index (χ1v) is 11.4. The molecule has 4 aliphatic rings. The van der Waals surface area contributed by atoms with E-state index in [-0.39, 0.29) is 5.41 Å².